The molecule has 0 saturated heterocycles. The van der Waals surface area contributed by atoms with Gasteiger partial charge in [0.2, 0.25) is 5.78 Å². The maximum atomic E-state index is 13.3. The fraction of sp³-hybridized carbons (Fsp3) is 0.455. The van der Waals surface area contributed by atoms with Crippen molar-refractivity contribution >= 4 is 22.9 Å². The predicted molar refractivity (Wildman–Crippen MR) is 116 cm³/mol. The summed E-state index contributed by atoms with van der Waals surface area (Å²) in [5.41, 5.74) is 3.36. The van der Waals surface area contributed by atoms with Gasteiger partial charge in [0, 0.05) is 12.2 Å². The van der Waals surface area contributed by atoms with Crippen molar-refractivity contribution in [3.05, 3.63) is 57.4 Å². The highest BCUT2D eigenvalue weighted by Gasteiger charge is 2.31. The molecule has 0 aromatic carbocycles. The van der Waals surface area contributed by atoms with Gasteiger partial charge >= 0.3 is 0 Å². The van der Waals surface area contributed by atoms with Gasteiger partial charge in [-0.25, -0.2) is 9.97 Å². The third-order valence-electron chi connectivity index (χ3n) is 6.07. The van der Waals surface area contributed by atoms with Crippen LogP contribution in [0.1, 0.15) is 58.1 Å². The lowest BCUT2D eigenvalue weighted by atomic mass is 10.1. The van der Waals surface area contributed by atoms with Gasteiger partial charge in [-0.3, -0.25) is 9.48 Å². The Bertz CT molecular complexity index is 1100. The van der Waals surface area contributed by atoms with Crippen LogP contribution in [0.5, 0.6) is 0 Å². The van der Waals surface area contributed by atoms with E-state index in [1.807, 2.05) is 36.0 Å². The number of aliphatic hydroxyl groups excluding tert-OH is 1. The predicted octanol–water partition coefficient (Wildman–Crippen LogP) is 2.96. The summed E-state index contributed by atoms with van der Waals surface area (Å²) >= 11 is 1.40. The summed E-state index contributed by atoms with van der Waals surface area (Å²) < 4.78 is 7.99. The quantitative estimate of drug-likeness (QED) is 0.589. The molecule has 0 unspecified atom stereocenters. The SMILES string of the molecule is Cc1cc2n(n1)CCO[C@@H]2c1csc(C(=O)c2cncnc2N[C@@H]2C[C@@H](C)[C@@H](O)C2)c1. The van der Waals surface area contributed by atoms with Crippen LogP contribution in [0.15, 0.2) is 30.0 Å². The van der Waals surface area contributed by atoms with Crippen molar-refractivity contribution in [3.8, 4) is 0 Å². The number of aliphatic hydroxyl groups is 1. The van der Waals surface area contributed by atoms with Crippen molar-refractivity contribution in [3.63, 3.8) is 0 Å². The van der Waals surface area contributed by atoms with Crippen LogP contribution in [0.2, 0.25) is 0 Å². The molecule has 3 aromatic rings. The lowest BCUT2D eigenvalue weighted by Crippen LogP contribution is -2.22. The number of hydrogen-bond acceptors (Lipinski definition) is 8. The van der Waals surface area contributed by atoms with Crippen LogP contribution in [0, 0.1) is 12.8 Å². The third-order valence-corrected chi connectivity index (χ3v) is 7.02. The Hall–Kier alpha value is -2.62. The van der Waals surface area contributed by atoms with Crippen molar-refractivity contribution < 1.29 is 14.6 Å². The van der Waals surface area contributed by atoms with Gasteiger partial charge in [-0.15, -0.1) is 11.3 Å². The second-order valence-corrected chi connectivity index (χ2v) is 9.31. The smallest absolute Gasteiger partial charge is 0.208 e. The topological polar surface area (TPSA) is 102 Å². The van der Waals surface area contributed by atoms with Gasteiger partial charge in [-0.1, -0.05) is 6.92 Å². The number of thiophene rings is 1. The monoisotopic (exact) mass is 439 g/mol. The van der Waals surface area contributed by atoms with E-state index < -0.39 is 0 Å². The minimum atomic E-state index is -0.328. The zero-order valence-electron chi connectivity index (χ0n) is 17.5. The number of rotatable bonds is 5. The maximum absolute atomic E-state index is 13.3. The number of aromatic nitrogens is 4. The molecule has 5 rings (SSSR count). The molecule has 31 heavy (non-hydrogen) atoms. The van der Waals surface area contributed by atoms with Crippen LogP contribution in [-0.4, -0.2) is 49.4 Å². The Morgan fingerprint density at radius 3 is 3.03 bits per heavy atom. The van der Waals surface area contributed by atoms with Crippen molar-refractivity contribution in [1.29, 1.82) is 0 Å². The molecular weight excluding hydrogens is 414 g/mol. The van der Waals surface area contributed by atoms with Crippen LogP contribution >= 0.6 is 11.3 Å². The first-order valence-electron chi connectivity index (χ1n) is 10.5. The number of anilines is 1. The Morgan fingerprint density at radius 2 is 2.23 bits per heavy atom. The number of ketones is 1. The van der Waals surface area contributed by atoms with Crippen LogP contribution in [-0.2, 0) is 11.3 Å². The van der Waals surface area contributed by atoms with Crippen LogP contribution in [0.4, 0.5) is 5.82 Å². The number of hydrogen-bond donors (Lipinski definition) is 2. The lowest BCUT2D eigenvalue weighted by molar-refractivity contribution is 0.0424. The lowest BCUT2D eigenvalue weighted by Gasteiger charge is -2.23. The molecule has 0 bridgehead atoms. The third kappa shape index (κ3) is 3.88. The van der Waals surface area contributed by atoms with Crippen molar-refractivity contribution in [2.45, 2.75) is 51.5 Å². The van der Waals surface area contributed by atoms with E-state index in [9.17, 15) is 9.90 Å². The summed E-state index contributed by atoms with van der Waals surface area (Å²) in [6, 6.07) is 4.02. The standard InChI is InChI=1S/C22H25N5O3S/c1-12-5-15(8-18(12)28)25-22-16(9-23-11-24-22)20(29)19-7-14(10-31-19)21-17-6-13(2)26-27(17)3-4-30-21/h6-7,9-12,15,18,21,28H,3-5,8H2,1-2H3,(H,23,24,25)/t12-,15-,18+,21-/m1/s1. The summed E-state index contributed by atoms with van der Waals surface area (Å²) in [5.74, 6) is 0.626. The number of carbonyl (C=O) groups excluding carboxylic acids is 1. The molecule has 1 saturated carbocycles. The number of nitrogens with zero attached hydrogens (tertiary/aromatic N) is 4. The van der Waals surface area contributed by atoms with E-state index in [-0.39, 0.29) is 30.0 Å². The largest absolute Gasteiger partial charge is 0.393 e. The average Bonchev–Trinajstić information content (AvgIpc) is 3.46. The highest BCUT2D eigenvalue weighted by molar-refractivity contribution is 7.12. The van der Waals surface area contributed by atoms with E-state index in [0.29, 0.717) is 29.3 Å². The van der Waals surface area contributed by atoms with Crippen molar-refractivity contribution in [2.24, 2.45) is 5.92 Å². The number of aryl methyl sites for hydroxylation is 1. The fourth-order valence-electron chi connectivity index (χ4n) is 4.45. The van der Waals surface area contributed by atoms with Crippen LogP contribution < -0.4 is 5.32 Å². The number of nitrogens with one attached hydrogen (secondary N) is 1. The van der Waals surface area contributed by atoms with Crippen LogP contribution in [0.25, 0.3) is 0 Å². The molecule has 2 aliphatic rings. The van der Waals surface area contributed by atoms with E-state index in [2.05, 4.69) is 20.4 Å². The van der Waals surface area contributed by atoms with E-state index in [4.69, 9.17) is 4.74 Å². The molecule has 4 atom stereocenters. The molecule has 9 heteroatoms. The molecule has 1 fully saturated rings. The van der Waals surface area contributed by atoms with Crippen molar-refractivity contribution in [1.82, 2.24) is 19.7 Å². The average molecular weight is 440 g/mol. The molecule has 0 radical (unpaired) electrons. The zero-order chi connectivity index (χ0) is 21.5. The maximum Gasteiger partial charge on any atom is 0.208 e. The minimum Gasteiger partial charge on any atom is -0.393 e. The van der Waals surface area contributed by atoms with Gasteiger partial charge in [0.15, 0.2) is 0 Å². The second kappa shape index (κ2) is 8.14. The Kier molecular flexibility index (Phi) is 5.33. The van der Waals surface area contributed by atoms with Gasteiger partial charge in [0.25, 0.3) is 0 Å². The van der Waals surface area contributed by atoms with Gasteiger partial charge in [0.05, 0.1) is 41.1 Å². The molecule has 0 spiro atoms. The van der Waals surface area contributed by atoms with Gasteiger partial charge in [-0.2, -0.15) is 5.10 Å². The molecule has 1 aliphatic heterocycles. The minimum absolute atomic E-state index is 0.0875. The van der Waals surface area contributed by atoms with Gasteiger partial charge in [-0.05, 0) is 48.8 Å². The van der Waals surface area contributed by atoms with Crippen LogP contribution in [0.3, 0.4) is 0 Å². The van der Waals surface area contributed by atoms with E-state index in [0.717, 1.165) is 29.9 Å². The van der Waals surface area contributed by atoms with E-state index in [1.165, 1.54) is 17.7 Å². The Labute approximate surface area is 184 Å². The Morgan fingerprint density at radius 1 is 1.35 bits per heavy atom. The summed E-state index contributed by atoms with van der Waals surface area (Å²) in [6.07, 6.45) is 3.93. The normalized spacial score (nSPS) is 25.4. The van der Waals surface area contributed by atoms with Gasteiger partial charge in [0.1, 0.15) is 18.2 Å². The number of ether oxygens (including phenoxy) is 1. The van der Waals surface area contributed by atoms with Gasteiger partial charge < -0.3 is 15.2 Å². The molecule has 0 amide bonds. The number of fused-ring (bicyclic) bond motifs is 1. The molecule has 162 valence electrons. The first-order valence-corrected chi connectivity index (χ1v) is 11.4. The molecule has 2 N–H and O–H groups in total. The summed E-state index contributed by atoms with van der Waals surface area (Å²) in [4.78, 5) is 22.3. The summed E-state index contributed by atoms with van der Waals surface area (Å²) in [6.45, 7) is 5.33. The molecule has 3 aromatic heterocycles. The number of carbonyl (C=O) groups is 1. The first kappa shape index (κ1) is 20.3. The Balaban J connectivity index is 1.38. The zero-order valence-corrected chi connectivity index (χ0v) is 18.3. The molecule has 1 aliphatic carbocycles. The summed E-state index contributed by atoms with van der Waals surface area (Å²) in [5, 5.41) is 19.9. The van der Waals surface area contributed by atoms with Crippen molar-refractivity contribution in [2.75, 3.05) is 11.9 Å². The molecule has 4 heterocycles. The first-order chi connectivity index (χ1) is 15.0. The second-order valence-electron chi connectivity index (χ2n) is 8.40. The van der Waals surface area contributed by atoms with E-state index in [1.54, 1.807) is 6.20 Å². The summed E-state index contributed by atoms with van der Waals surface area (Å²) in [7, 11) is 0. The molecule has 8 nitrogen and oxygen atoms in total. The van der Waals surface area contributed by atoms with E-state index >= 15 is 0 Å². The molecular formula is C22H25N5O3S. The highest BCUT2D eigenvalue weighted by atomic mass is 32.1. The fourth-order valence-corrected chi connectivity index (χ4v) is 5.33. The highest BCUT2D eigenvalue weighted by Crippen LogP contribution is 2.34.